The van der Waals surface area contributed by atoms with E-state index >= 15 is 0 Å². The Labute approximate surface area is 196 Å². The van der Waals surface area contributed by atoms with Gasteiger partial charge in [0.05, 0.1) is 28.5 Å². The van der Waals surface area contributed by atoms with E-state index in [1.807, 2.05) is 30.3 Å². The average Bonchev–Trinajstić information content (AvgIpc) is 3.09. The monoisotopic (exact) mass is 458 g/mol. The Morgan fingerprint density at radius 3 is 2.59 bits per heavy atom. The summed E-state index contributed by atoms with van der Waals surface area (Å²) in [7, 11) is 1.69. The van der Waals surface area contributed by atoms with Crippen LogP contribution < -0.4 is 21.6 Å². The molecule has 0 spiro atoms. The van der Waals surface area contributed by atoms with Gasteiger partial charge in [0, 0.05) is 32.5 Å². The summed E-state index contributed by atoms with van der Waals surface area (Å²) in [6, 6.07) is 8.67. The van der Waals surface area contributed by atoms with Crippen LogP contribution in [0.15, 0.2) is 41.3 Å². The number of imide groups is 1. The fourth-order valence-electron chi connectivity index (χ4n) is 4.82. The first kappa shape index (κ1) is 21.8. The zero-order valence-electron chi connectivity index (χ0n) is 19.0. The number of nitrogens with zero attached hydrogens (tertiary/aromatic N) is 4. The number of benzene rings is 1. The number of carbonyl (C=O) groups is 2. The van der Waals surface area contributed by atoms with Crippen molar-refractivity contribution in [1.29, 1.82) is 0 Å². The summed E-state index contributed by atoms with van der Waals surface area (Å²) in [6.07, 6.45) is 4.19. The van der Waals surface area contributed by atoms with E-state index in [0.29, 0.717) is 23.3 Å². The second kappa shape index (κ2) is 8.71. The number of hydrogen-bond donors (Lipinski definition) is 2. The lowest BCUT2D eigenvalue weighted by Crippen LogP contribution is -2.44. The van der Waals surface area contributed by atoms with Gasteiger partial charge in [-0.25, -0.2) is 9.78 Å². The molecule has 9 nitrogen and oxygen atoms in total. The molecule has 174 valence electrons. The molecule has 0 radical (unpaired) electrons. The number of fused-ring (bicyclic) bond motifs is 1. The molecule has 3 N–H and O–H groups in total. The van der Waals surface area contributed by atoms with Gasteiger partial charge in [0.2, 0.25) is 11.8 Å². The van der Waals surface area contributed by atoms with Crippen LogP contribution in [-0.2, 0) is 16.6 Å². The number of hydrogen-bond acceptors (Lipinski definition) is 6. The first-order valence-electron chi connectivity index (χ1n) is 11.4. The minimum absolute atomic E-state index is 0.212. The zero-order valence-corrected chi connectivity index (χ0v) is 19.0. The molecule has 2 amide bonds. The molecule has 2 aromatic heterocycles. The molecule has 0 saturated carbocycles. The minimum Gasteiger partial charge on any atom is -0.384 e. The summed E-state index contributed by atoms with van der Waals surface area (Å²) in [4.78, 5) is 43.5. The van der Waals surface area contributed by atoms with E-state index in [1.54, 1.807) is 17.8 Å². The van der Waals surface area contributed by atoms with Gasteiger partial charge in [-0.3, -0.25) is 24.0 Å². The predicted octanol–water partition coefficient (Wildman–Crippen LogP) is 1.56. The Bertz CT molecular complexity index is 1380. The molecule has 0 unspecified atom stereocenters. The van der Waals surface area contributed by atoms with Crippen LogP contribution in [0.2, 0.25) is 0 Å². The van der Waals surface area contributed by atoms with Crippen LogP contribution in [0.1, 0.15) is 37.3 Å². The number of pyridine rings is 1. The maximum absolute atomic E-state index is 13.1. The van der Waals surface area contributed by atoms with E-state index in [1.165, 1.54) is 4.57 Å². The summed E-state index contributed by atoms with van der Waals surface area (Å²) in [5.41, 5.74) is 8.58. The van der Waals surface area contributed by atoms with Crippen LogP contribution >= 0.6 is 0 Å². The summed E-state index contributed by atoms with van der Waals surface area (Å²) in [6.45, 7) is 1.78. The minimum atomic E-state index is -0.704. The molecule has 2 saturated heterocycles. The summed E-state index contributed by atoms with van der Waals surface area (Å²) >= 11 is 0. The molecule has 1 atom stereocenters. The smallest absolute Gasteiger partial charge is 0.329 e. The topological polar surface area (TPSA) is 115 Å². The van der Waals surface area contributed by atoms with Crippen LogP contribution in [0.4, 0.5) is 11.5 Å². The number of nitrogens with two attached hydrogens (primary N) is 1. The number of para-hydroxylation sites is 1. The SMILES string of the molecule is Cn1c(=O)n([C@@H]2CCC(=O)NC2=O)c2cccc(C#CC3CCN(c4ccc(N)nc4)CC3)c21. The number of aromatic nitrogens is 3. The van der Waals surface area contributed by atoms with Crippen LogP contribution in [0, 0.1) is 17.8 Å². The fourth-order valence-corrected chi connectivity index (χ4v) is 4.82. The summed E-state index contributed by atoms with van der Waals surface area (Å²) in [5, 5.41) is 2.34. The third-order valence-corrected chi connectivity index (χ3v) is 6.67. The van der Waals surface area contributed by atoms with E-state index in [9.17, 15) is 14.4 Å². The van der Waals surface area contributed by atoms with Crippen molar-refractivity contribution in [3.63, 3.8) is 0 Å². The highest BCUT2D eigenvalue weighted by atomic mass is 16.2. The van der Waals surface area contributed by atoms with Crippen molar-refractivity contribution in [3.8, 4) is 11.8 Å². The van der Waals surface area contributed by atoms with Gasteiger partial charge < -0.3 is 10.6 Å². The van der Waals surface area contributed by atoms with Crippen molar-refractivity contribution in [2.24, 2.45) is 13.0 Å². The number of piperidine rings is 2. The van der Waals surface area contributed by atoms with Crippen LogP contribution in [0.3, 0.4) is 0 Å². The second-order valence-corrected chi connectivity index (χ2v) is 8.82. The van der Waals surface area contributed by atoms with Crippen LogP contribution in [0.25, 0.3) is 11.0 Å². The molecule has 0 bridgehead atoms. The largest absolute Gasteiger partial charge is 0.384 e. The summed E-state index contributed by atoms with van der Waals surface area (Å²) in [5.74, 6) is 6.72. The van der Waals surface area contributed by atoms with Gasteiger partial charge in [0.25, 0.3) is 0 Å². The highest BCUT2D eigenvalue weighted by molar-refractivity contribution is 6.00. The van der Waals surface area contributed by atoms with Crippen molar-refractivity contribution in [2.75, 3.05) is 23.7 Å². The van der Waals surface area contributed by atoms with E-state index in [2.05, 4.69) is 27.0 Å². The van der Waals surface area contributed by atoms with E-state index in [-0.39, 0.29) is 23.9 Å². The Morgan fingerprint density at radius 1 is 1.09 bits per heavy atom. The third-order valence-electron chi connectivity index (χ3n) is 6.67. The number of aryl methyl sites for hydroxylation is 1. The zero-order chi connectivity index (χ0) is 23.8. The predicted molar refractivity (Wildman–Crippen MR) is 129 cm³/mol. The molecule has 1 aromatic carbocycles. The van der Waals surface area contributed by atoms with Crippen LogP contribution in [0.5, 0.6) is 0 Å². The summed E-state index contributed by atoms with van der Waals surface area (Å²) < 4.78 is 3.03. The molecule has 2 aliphatic heterocycles. The Hall–Kier alpha value is -4.06. The lowest BCUT2D eigenvalue weighted by molar-refractivity contribution is -0.135. The quantitative estimate of drug-likeness (QED) is 0.445. The lowest BCUT2D eigenvalue weighted by atomic mass is 9.96. The first-order valence-corrected chi connectivity index (χ1v) is 11.4. The average molecular weight is 459 g/mol. The molecular formula is C25H26N6O3. The van der Waals surface area contributed by atoms with Crippen molar-refractivity contribution in [2.45, 2.75) is 31.7 Å². The highest BCUT2D eigenvalue weighted by Gasteiger charge is 2.31. The molecule has 5 rings (SSSR count). The molecule has 0 aliphatic carbocycles. The molecule has 34 heavy (non-hydrogen) atoms. The number of anilines is 2. The second-order valence-electron chi connectivity index (χ2n) is 8.82. The standard InChI is InChI=1S/C25H26N6O3/c1-29-23-17(6-5-16-11-13-30(14-12-16)18-7-9-21(26)27-15-18)3-2-4-19(23)31(25(29)34)20-8-10-22(32)28-24(20)33/h2-4,7,9,15-16,20H,8,10-14H2,1H3,(H2,26,27)(H,28,32,33)/t20-/m1/s1. The van der Waals surface area contributed by atoms with Gasteiger partial charge in [-0.1, -0.05) is 17.9 Å². The Morgan fingerprint density at radius 2 is 1.88 bits per heavy atom. The maximum atomic E-state index is 13.1. The fraction of sp³-hybridized carbons (Fsp3) is 0.360. The molecule has 2 aliphatic rings. The number of nitrogens with one attached hydrogen (secondary N) is 1. The molecule has 3 aromatic rings. The molecular weight excluding hydrogens is 432 g/mol. The lowest BCUT2D eigenvalue weighted by Gasteiger charge is -2.31. The van der Waals surface area contributed by atoms with Gasteiger partial charge in [-0.15, -0.1) is 0 Å². The van der Waals surface area contributed by atoms with Gasteiger partial charge >= 0.3 is 5.69 Å². The van der Waals surface area contributed by atoms with Gasteiger partial charge in [-0.2, -0.15) is 0 Å². The van der Waals surface area contributed by atoms with Gasteiger partial charge in [0.1, 0.15) is 11.9 Å². The number of imidazole rings is 1. The molecule has 2 fully saturated rings. The molecule has 4 heterocycles. The van der Waals surface area contributed by atoms with Crippen molar-refractivity contribution in [1.82, 2.24) is 19.4 Å². The first-order chi connectivity index (χ1) is 16.4. The van der Waals surface area contributed by atoms with Gasteiger partial charge in [-0.05, 0) is 43.5 Å². The Kier molecular flexibility index (Phi) is 5.57. The van der Waals surface area contributed by atoms with Crippen molar-refractivity contribution in [3.05, 3.63) is 52.6 Å². The van der Waals surface area contributed by atoms with Crippen molar-refractivity contribution < 1.29 is 9.59 Å². The number of rotatable bonds is 2. The molecule has 9 heteroatoms. The number of amides is 2. The van der Waals surface area contributed by atoms with E-state index in [0.717, 1.165) is 37.2 Å². The number of nitrogen functional groups attached to an aromatic ring is 1. The maximum Gasteiger partial charge on any atom is 0.329 e. The van der Waals surface area contributed by atoms with Gasteiger partial charge in [0.15, 0.2) is 0 Å². The van der Waals surface area contributed by atoms with Crippen molar-refractivity contribution >= 4 is 34.4 Å². The normalized spacial score (nSPS) is 19.1. The Balaban J connectivity index is 1.39. The van der Waals surface area contributed by atoms with E-state index < -0.39 is 11.9 Å². The third kappa shape index (κ3) is 3.92. The van der Waals surface area contributed by atoms with Crippen LogP contribution in [-0.4, -0.2) is 39.0 Å². The number of carbonyl (C=O) groups excluding carboxylic acids is 2. The highest BCUT2D eigenvalue weighted by Crippen LogP contribution is 2.26. The van der Waals surface area contributed by atoms with E-state index in [4.69, 9.17) is 5.73 Å².